The van der Waals surface area contributed by atoms with Gasteiger partial charge in [-0.05, 0) is 56.2 Å². The fourth-order valence-electron chi connectivity index (χ4n) is 1.95. The van der Waals surface area contributed by atoms with Gasteiger partial charge in [0.2, 0.25) is 0 Å². The molecule has 0 spiro atoms. The number of pyridine rings is 1. The van der Waals surface area contributed by atoms with Crippen molar-refractivity contribution < 1.29 is 0 Å². The predicted octanol–water partition coefficient (Wildman–Crippen LogP) is 3.49. The number of rotatable bonds is 3. The largest absolute Gasteiger partial charge is 0.358 e. The third-order valence-corrected chi connectivity index (χ3v) is 3.16. The van der Waals surface area contributed by atoms with E-state index in [1.54, 1.807) is 0 Å². The third-order valence-electron chi connectivity index (χ3n) is 2.91. The molecule has 0 aliphatic heterocycles. The Kier molecular flexibility index (Phi) is 4.69. The number of thiocarbonyl (C=S) groups is 1. The van der Waals surface area contributed by atoms with E-state index >= 15 is 0 Å². The van der Waals surface area contributed by atoms with Gasteiger partial charge in [0.15, 0.2) is 5.11 Å². The summed E-state index contributed by atoms with van der Waals surface area (Å²) in [7, 11) is 0. The van der Waals surface area contributed by atoms with E-state index in [-0.39, 0.29) is 0 Å². The molecule has 0 saturated carbocycles. The van der Waals surface area contributed by atoms with Crippen molar-refractivity contribution in [3.63, 3.8) is 0 Å². The molecule has 0 bridgehead atoms. The van der Waals surface area contributed by atoms with Crippen molar-refractivity contribution in [3.8, 4) is 0 Å². The Hall–Kier alpha value is -1.94. The number of aromatic nitrogens is 1. The molecule has 104 valence electrons. The molecule has 1 aromatic carbocycles. The van der Waals surface area contributed by atoms with Gasteiger partial charge >= 0.3 is 0 Å². The predicted molar refractivity (Wildman–Crippen MR) is 88.0 cm³/mol. The van der Waals surface area contributed by atoms with E-state index in [2.05, 4.69) is 46.8 Å². The molecule has 0 radical (unpaired) electrons. The zero-order chi connectivity index (χ0) is 14.5. The van der Waals surface area contributed by atoms with Crippen LogP contribution in [0.4, 0.5) is 5.82 Å². The maximum Gasteiger partial charge on any atom is 0.172 e. The van der Waals surface area contributed by atoms with Crippen LogP contribution in [0.15, 0.2) is 36.4 Å². The topological polar surface area (TPSA) is 37.0 Å². The van der Waals surface area contributed by atoms with E-state index in [4.69, 9.17) is 12.2 Å². The van der Waals surface area contributed by atoms with Crippen molar-refractivity contribution >= 4 is 23.1 Å². The van der Waals surface area contributed by atoms with Crippen LogP contribution < -0.4 is 10.6 Å². The maximum absolute atomic E-state index is 5.29. The summed E-state index contributed by atoms with van der Waals surface area (Å²) in [6.45, 7) is 6.80. The van der Waals surface area contributed by atoms with Gasteiger partial charge in [0.05, 0.1) is 0 Å². The van der Waals surface area contributed by atoms with E-state index < -0.39 is 0 Å². The Morgan fingerprint density at radius 3 is 2.40 bits per heavy atom. The quantitative estimate of drug-likeness (QED) is 0.846. The highest BCUT2D eigenvalue weighted by Crippen LogP contribution is 2.09. The summed E-state index contributed by atoms with van der Waals surface area (Å²) in [6.07, 6.45) is 0. The van der Waals surface area contributed by atoms with Gasteiger partial charge in [-0.3, -0.25) is 0 Å². The second-order valence-electron chi connectivity index (χ2n) is 4.96. The molecule has 0 saturated heterocycles. The van der Waals surface area contributed by atoms with Crippen LogP contribution in [0.25, 0.3) is 0 Å². The Morgan fingerprint density at radius 1 is 1.05 bits per heavy atom. The lowest BCUT2D eigenvalue weighted by atomic mass is 10.1. The van der Waals surface area contributed by atoms with Crippen LogP contribution in [0.3, 0.4) is 0 Å². The Balaban J connectivity index is 1.90. The minimum absolute atomic E-state index is 0.586. The third kappa shape index (κ3) is 4.31. The van der Waals surface area contributed by atoms with E-state index in [9.17, 15) is 0 Å². The molecule has 1 heterocycles. The molecule has 0 unspecified atom stereocenters. The van der Waals surface area contributed by atoms with Crippen LogP contribution in [-0.4, -0.2) is 10.1 Å². The number of hydrogen-bond donors (Lipinski definition) is 2. The molecule has 2 aromatic rings. The average Bonchev–Trinajstić information content (AvgIpc) is 2.37. The van der Waals surface area contributed by atoms with E-state index in [1.165, 1.54) is 16.7 Å². The molecule has 4 heteroatoms. The molecule has 0 aliphatic rings. The lowest BCUT2D eigenvalue weighted by molar-refractivity contribution is 0.923. The fourth-order valence-corrected chi connectivity index (χ4v) is 2.13. The molecular formula is C16H19N3S. The molecule has 2 N–H and O–H groups in total. The van der Waals surface area contributed by atoms with E-state index in [0.29, 0.717) is 11.7 Å². The van der Waals surface area contributed by atoms with Crippen LogP contribution >= 0.6 is 12.2 Å². The highest BCUT2D eigenvalue weighted by molar-refractivity contribution is 7.80. The monoisotopic (exact) mass is 285 g/mol. The number of nitrogens with one attached hydrogen (secondary N) is 2. The number of aryl methyl sites for hydroxylation is 3. The molecule has 1 aromatic heterocycles. The van der Waals surface area contributed by atoms with E-state index in [1.807, 2.05) is 26.0 Å². The standard InChI is InChI=1S/C16H19N3S/c1-11-4-6-14(7-5-11)10-17-16(20)19-15-9-12(2)8-13(3)18-15/h4-9H,10H2,1-3H3,(H2,17,18,19,20). The number of nitrogens with zero attached hydrogens (tertiary/aromatic N) is 1. The summed E-state index contributed by atoms with van der Waals surface area (Å²) in [5.74, 6) is 0.781. The summed E-state index contributed by atoms with van der Waals surface area (Å²) >= 11 is 5.29. The number of anilines is 1. The van der Waals surface area contributed by atoms with Gasteiger partial charge in [0.1, 0.15) is 5.82 Å². The first-order valence-corrected chi connectivity index (χ1v) is 6.99. The second kappa shape index (κ2) is 6.48. The molecule has 20 heavy (non-hydrogen) atoms. The fraction of sp³-hybridized carbons (Fsp3) is 0.250. The summed E-state index contributed by atoms with van der Waals surface area (Å²) in [6, 6.07) is 12.4. The lowest BCUT2D eigenvalue weighted by Crippen LogP contribution is -2.28. The molecule has 0 amide bonds. The van der Waals surface area contributed by atoms with Crippen LogP contribution in [0, 0.1) is 20.8 Å². The lowest BCUT2D eigenvalue weighted by Gasteiger charge is -2.11. The summed E-state index contributed by atoms with van der Waals surface area (Å²) in [4.78, 5) is 4.40. The van der Waals surface area contributed by atoms with Crippen molar-refractivity contribution in [1.82, 2.24) is 10.3 Å². The summed E-state index contributed by atoms with van der Waals surface area (Å²) in [5, 5.41) is 6.89. The maximum atomic E-state index is 5.29. The molecule has 2 rings (SSSR count). The van der Waals surface area contributed by atoms with Crippen molar-refractivity contribution in [3.05, 3.63) is 58.8 Å². The van der Waals surface area contributed by atoms with Gasteiger partial charge in [-0.2, -0.15) is 0 Å². The van der Waals surface area contributed by atoms with Crippen LogP contribution in [0.5, 0.6) is 0 Å². The van der Waals surface area contributed by atoms with Crippen LogP contribution in [-0.2, 0) is 6.54 Å². The molecule has 0 aliphatic carbocycles. The smallest absolute Gasteiger partial charge is 0.172 e. The van der Waals surface area contributed by atoms with E-state index in [0.717, 1.165) is 11.5 Å². The van der Waals surface area contributed by atoms with Crippen LogP contribution in [0.2, 0.25) is 0 Å². The zero-order valence-electron chi connectivity index (χ0n) is 12.0. The number of benzene rings is 1. The first-order valence-electron chi connectivity index (χ1n) is 6.58. The van der Waals surface area contributed by atoms with Crippen molar-refractivity contribution in [2.24, 2.45) is 0 Å². The van der Waals surface area contributed by atoms with Gasteiger partial charge < -0.3 is 10.6 Å². The summed E-state index contributed by atoms with van der Waals surface area (Å²) in [5.41, 5.74) is 4.61. The Labute approximate surface area is 125 Å². The summed E-state index contributed by atoms with van der Waals surface area (Å²) < 4.78 is 0. The zero-order valence-corrected chi connectivity index (χ0v) is 12.8. The molecule has 0 atom stereocenters. The first-order chi connectivity index (χ1) is 9.52. The molecule has 0 fully saturated rings. The van der Waals surface area contributed by atoms with Crippen LogP contribution in [0.1, 0.15) is 22.4 Å². The van der Waals surface area contributed by atoms with Crippen molar-refractivity contribution in [1.29, 1.82) is 0 Å². The minimum atomic E-state index is 0.586. The van der Waals surface area contributed by atoms with Gasteiger partial charge in [-0.1, -0.05) is 29.8 Å². The van der Waals surface area contributed by atoms with Gasteiger partial charge in [0.25, 0.3) is 0 Å². The highest BCUT2D eigenvalue weighted by Gasteiger charge is 2.01. The molecule has 3 nitrogen and oxygen atoms in total. The van der Waals surface area contributed by atoms with Gasteiger partial charge in [-0.15, -0.1) is 0 Å². The second-order valence-corrected chi connectivity index (χ2v) is 5.37. The SMILES string of the molecule is Cc1ccc(CNC(=S)Nc2cc(C)cc(C)n2)cc1. The van der Waals surface area contributed by atoms with Gasteiger partial charge in [0, 0.05) is 12.2 Å². The van der Waals surface area contributed by atoms with Crippen molar-refractivity contribution in [2.75, 3.05) is 5.32 Å². The minimum Gasteiger partial charge on any atom is -0.358 e. The normalized spacial score (nSPS) is 10.2. The Morgan fingerprint density at radius 2 is 1.75 bits per heavy atom. The number of hydrogen-bond acceptors (Lipinski definition) is 2. The highest BCUT2D eigenvalue weighted by atomic mass is 32.1. The molecular weight excluding hydrogens is 266 g/mol. The average molecular weight is 285 g/mol. The van der Waals surface area contributed by atoms with Gasteiger partial charge in [-0.25, -0.2) is 4.98 Å². The van der Waals surface area contributed by atoms with Crippen molar-refractivity contribution in [2.45, 2.75) is 27.3 Å². The first kappa shape index (κ1) is 14.5. The Bertz CT molecular complexity index is 585.